The first-order valence-corrected chi connectivity index (χ1v) is 7.08. The molecule has 1 heterocycles. The van der Waals surface area contributed by atoms with Gasteiger partial charge >= 0.3 is 0 Å². The molecule has 0 aromatic heterocycles. The number of benzene rings is 1. The molecule has 0 unspecified atom stereocenters. The van der Waals surface area contributed by atoms with Gasteiger partial charge in [0.1, 0.15) is 0 Å². The lowest BCUT2D eigenvalue weighted by atomic mass is 10.0. The first-order chi connectivity index (χ1) is 8.93. The molecule has 1 aliphatic heterocycles. The molecule has 1 amide bonds. The third-order valence-electron chi connectivity index (χ3n) is 4.02. The Hall–Kier alpha value is -1.51. The van der Waals surface area contributed by atoms with E-state index in [4.69, 9.17) is 0 Å². The Bertz CT molecular complexity index is 468. The second-order valence-corrected chi connectivity index (χ2v) is 6.10. The summed E-state index contributed by atoms with van der Waals surface area (Å²) in [6, 6.07) is 8.76. The zero-order valence-corrected chi connectivity index (χ0v) is 12.4. The van der Waals surface area contributed by atoms with Crippen molar-refractivity contribution >= 4 is 11.6 Å². The Kier molecular flexibility index (Phi) is 3.83. The van der Waals surface area contributed by atoms with Crippen LogP contribution in [0.25, 0.3) is 0 Å². The Labute approximate surface area is 116 Å². The predicted molar refractivity (Wildman–Crippen MR) is 79.5 cm³/mol. The number of amides is 1. The Balaban J connectivity index is 2.06. The largest absolute Gasteiger partial charge is 0.359 e. The molecule has 3 nitrogen and oxygen atoms in total. The average Bonchev–Trinajstić information content (AvgIpc) is 2.66. The molecule has 1 aromatic carbocycles. The van der Waals surface area contributed by atoms with E-state index in [0.717, 1.165) is 12.8 Å². The van der Waals surface area contributed by atoms with E-state index >= 15 is 0 Å². The van der Waals surface area contributed by atoms with Gasteiger partial charge in [-0.1, -0.05) is 25.1 Å². The maximum Gasteiger partial charge on any atom is 0.239 e. The number of para-hydroxylation sites is 1. The Morgan fingerprint density at radius 2 is 2.11 bits per heavy atom. The predicted octanol–water partition coefficient (Wildman–Crippen LogP) is 2.74. The van der Waals surface area contributed by atoms with Crippen LogP contribution in [0.1, 0.15) is 39.7 Å². The molecule has 1 atom stereocenters. The van der Waals surface area contributed by atoms with Gasteiger partial charge in [0.05, 0.1) is 6.54 Å². The van der Waals surface area contributed by atoms with Crippen molar-refractivity contribution < 1.29 is 4.79 Å². The average molecular weight is 260 g/mol. The quantitative estimate of drug-likeness (QED) is 0.903. The van der Waals surface area contributed by atoms with E-state index in [1.54, 1.807) is 0 Å². The van der Waals surface area contributed by atoms with E-state index in [9.17, 15) is 4.79 Å². The third kappa shape index (κ3) is 3.09. The van der Waals surface area contributed by atoms with Crippen molar-refractivity contribution in [1.82, 2.24) is 5.32 Å². The summed E-state index contributed by atoms with van der Waals surface area (Å²) >= 11 is 0. The van der Waals surface area contributed by atoms with Crippen LogP contribution < -0.4 is 10.2 Å². The van der Waals surface area contributed by atoms with E-state index in [-0.39, 0.29) is 11.4 Å². The fourth-order valence-electron chi connectivity index (χ4n) is 2.53. The maximum atomic E-state index is 12.2. The van der Waals surface area contributed by atoms with Gasteiger partial charge in [0.2, 0.25) is 5.91 Å². The number of carbonyl (C=O) groups excluding carboxylic acids is 1. The SMILES string of the molecule is CCC(C)(C)NC(=O)CN1c2ccccc2C[C@H]1C. The maximum absolute atomic E-state index is 12.2. The zero-order valence-electron chi connectivity index (χ0n) is 12.4. The number of carbonyl (C=O) groups is 1. The smallest absolute Gasteiger partial charge is 0.239 e. The standard InChI is InChI=1S/C16H24N2O/c1-5-16(3,4)17-15(19)11-18-12(2)10-13-8-6-7-9-14(13)18/h6-9,12H,5,10-11H2,1-4H3,(H,17,19)/t12-/m1/s1. The third-order valence-corrected chi connectivity index (χ3v) is 4.02. The minimum Gasteiger partial charge on any atom is -0.359 e. The molecule has 2 rings (SSSR count). The highest BCUT2D eigenvalue weighted by atomic mass is 16.2. The molecule has 0 bridgehead atoms. The van der Waals surface area contributed by atoms with Crippen LogP contribution in [0.15, 0.2) is 24.3 Å². The number of rotatable bonds is 4. The van der Waals surface area contributed by atoms with Crippen LogP contribution in [0.3, 0.4) is 0 Å². The van der Waals surface area contributed by atoms with E-state index in [2.05, 4.69) is 56.1 Å². The molecule has 0 saturated carbocycles. The lowest BCUT2D eigenvalue weighted by Crippen LogP contribution is -2.48. The Morgan fingerprint density at radius 1 is 1.42 bits per heavy atom. The highest BCUT2D eigenvalue weighted by Gasteiger charge is 2.28. The van der Waals surface area contributed by atoms with Gasteiger partial charge in [-0.3, -0.25) is 4.79 Å². The Morgan fingerprint density at radius 3 is 2.79 bits per heavy atom. The lowest BCUT2D eigenvalue weighted by Gasteiger charge is -2.29. The van der Waals surface area contributed by atoms with Crippen molar-refractivity contribution in [2.24, 2.45) is 0 Å². The second-order valence-electron chi connectivity index (χ2n) is 6.10. The molecular formula is C16H24N2O. The first kappa shape index (κ1) is 13.9. The van der Waals surface area contributed by atoms with E-state index in [0.29, 0.717) is 12.6 Å². The van der Waals surface area contributed by atoms with Gasteiger partial charge in [-0.15, -0.1) is 0 Å². The molecule has 3 heteroatoms. The zero-order chi connectivity index (χ0) is 14.0. The topological polar surface area (TPSA) is 32.3 Å². The first-order valence-electron chi connectivity index (χ1n) is 7.08. The van der Waals surface area contributed by atoms with E-state index < -0.39 is 0 Å². The summed E-state index contributed by atoms with van der Waals surface area (Å²) in [5, 5.41) is 3.10. The number of nitrogens with one attached hydrogen (secondary N) is 1. The fourth-order valence-corrected chi connectivity index (χ4v) is 2.53. The summed E-state index contributed by atoms with van der Waals surface area (Å²) in [5.74, 6) is 0.107. The number of anilines is 1. The summed E-state index contributed by atoms with van der Waals surface area (Å²) in [6.45, 7) is 8.84. The molecule has 19 heavy (non-hydrogen) atoms. The molecule has 0 saturated heterocycles. The highest BCUT2D eigenvalue weighted by molar-refractivity contribution is 5.83. The number of hydrogen-bond donors (Lipinski definition) is 1. The van der Waals surface area contributed by atoms with Gasteiger partial charge in [0.15, 0.2) is 0 Å². The van der Waals surface area contributed by atoms with Crippen LogP contribution in [0.4, 0.5) is 5.69 Å². The summed E-state index contributed by atoms with van der Waals surface area (Å²) in [7, 11) is 0. The minimum atomic E-state index is -0.125. The lowest BCUT2D eigenvalue weighted by molar-refractivity contribution is -0.121. The number of nitrogens with zero attached hydrogens (tertiary/aromatic N) is 1. The molecule has 1 aliphatic rings. The number of fused-ring (bicyclic) bond motifs is 1. The summed E-state index contributed by atoms with van der Waals surface area (Å²) in [4.78, 5) is 14.4. The van der Waals surface area contributed by atoms with Crippen molar-refractivity contribution in [3.63, 3.8) is 0 Å². The molecular weight excluding hydrogens is 236 g/mol. The molecule has 1 N–H and O–H groups in total. The molecule has 0 radical (unpaired) electrons. The van der Waals surface area contributed by atoms with Crippen molar-refractivity contribution in [2.75, 3.05) is 11.4 Å². The number of hydrogen-bond acceptors (Lipinski definition) is 2. The normalized spacial score (nSPS) is 18.3. The van der Waals surface area contributed by atoms with Gasteiger partial charge in [0, 0.05) is 17.3 Å². The summed E-state index contributed by atoms with van der Waals surface area (Å²) in [6.07, 6.45) is 1.96. The fraction of sp³-hybridized carbons (Fsp3) is 0.562. The van der Waals surface area contributed by atoms with Gasteiger partial charge in [-0.2, -0.15) is 0 Å². The van der Waals surface area contributed by atoms with Crippen LogP contribution in [0.2, 0.25) is 0 Å². The minimum absolute atomic E-state index is 0.107. The molecule has 0 fully saturated rings. The summed E-state index contributed by atoms with van der Waals surface area (Å²) in [5.41, 5.74) is 2.43. The van der Waals surface area contributed by atoms with Gasteiger partial charge in [-0.05, 0) is 45.2 Å². The van der Waals surface area contributed by atoms with Gasteiger partial charge < -0.3 is 10.2 Å². The monoisotopic (exact) mass is 260 g/mol. The van der Waals surface area contributed by atoms with E-state index in [1.807, 2.05) is 6.07 Å². The van der Waals surface area contributed by atoms with Gasteiger partial charge in [-0.25, -0.2) is 0 Å². The molecule has 1 aromatic rings. The van der Waals surface area contributed by atoms with Crippen molar-refractivity contribution in [3.8, 4) is 0 Å². The van der Waals surface area contributed by atoms with Gasteiger partial charge in [0.25, 0.3) is 0 Å². The molecule has 104 valence electrons. The molecule has 0 aliphatic carbocycles. The van der Waals surface area contributed by atoms with Crippen molar-refractivity contribution in [2.45, 2.75) is 52.1 Å². The van der Waals surface area contributed by atoms with Crippen molar-refractivity contribution in [3.05, 3.63) is 29.8 Å². The van der Waals surface area contributed by atoms with Crippen LogP contribution in [0.5, 0.6) is 0 Å². The summed E-state index contributed by atoms with van der Waals surface area (Å²) < 4.78 is 0. The van der Waals surface area contributed by atoms with E-state index in [1.165, 1.54) is 11.3 Å². The van der Waals surface area contributed by atoms with Crippen LogP contribution in [-0.2, 0) is 11.2 Å². The van der Waals surface area contributed by atoms with Crippen LogP contribution in [0, 0.1) is 0 Å². The second kappa shape index (κ2) is 5.24. The van der Waals surface area contributed by atoms with Crippen LogP contribution in [-0.4, -0.2) is 24.0 Å². The van der Waals surface area contributed by atoms with Crippen LogP contribution >= 0.6 is 0 Å². The molecule has 0 spiro atoms. The highest BCUT2D eigenvalue weighted by Crippen LogP contribution is 2.31. The van der Waals surface area contributed by atoms with Crippen molar-refractivity contribution in [1.29, 1.82) is 0 Å².